The number of nitrogens with one attached hydrogen (secondary N) is 1. The van der Waals surface area contributed by atoms with Crippen LogP contribution in [0, 0.1) is 5.92 Å². The second-order valence-corrected chi connectivity index (χ2v) is 7.17. The molecule has 116 valence electrons. The Morgan fingerprint density at radius 1 is 1.05 bits per heavy atom. The number of hydrogen-bond donors (Lipinski definition) is 1. The van der Waals surface area contributed by atoms with Gasteiger partial charge in [0, 0.05) is 12.1 Å². The van der Waals surface area contributed by atoms with Crippen molar-refractivity contribution in [3.63, 3.8) is 0 Å². The van der Waals surface area contributed by atoms with E-state index in [0.717, 1.165) is 5.92 Å². The van der Waals surface area contributed by atoms with Crippen molar-refractivity contribution in [3.8, 4) is 0 Å². The van der Waals surface area contributed by atoms with Gasteiger partial charge >= 0.3 is 0 Å². The first-order valence-corrected chi connectivity index (χ1v) is 8.71. The molecule has 4 unspecified atom stereocenters. The molecule has 1 N–H and O–H groups in total. The molecule has 1 saturated heterocycles. The fourth-order valence-electron chi connectivity index (χ4n) is 4.40. The van der Waals surface area contributed by atoms with Crippen LogP contribution < -0.4 is 5.32 Å². The molecule has 2 nitrogen and oxygen atoms in total. The molecule has 1 aliphatic heterocycles. The summed E-state index contributed by atoms with van der Waals surface area (Å²) in [5, 5.41) is 3.62. The first-order valence-electron chi connectivity index (χ1n) is 8.71. The Morgan fingerprint density at radius 2 is 1.81 bits per heavy atom. The molecule has 1 aromatic carbocycles. The molecule has 2 aliphatic rings. The van der Waals surface area contributed by atoms with Crippen LogP contribution in [0.5, 0.6) is 0 Å². The van der Waals surface area contributed by atoms with Gasteiger partial charge in [0.05, 0.1) is 0 Å². The summed E-state index contributed by atoms with van der Waals surface area (Å²) in [4.78, 5) is 2.77. The van der Waals surface area contributed by atoms with E-state index in [-0.39, 0.29) is 0 Å². The largest absolute Gasteiger partial charge is 0.312 e. The SMILES string of the molecule is CNC1c2ccccc2C(C)CC1N1CCCC(C)CC1. The molecule has 4 atom stereocenters. The van der Waals surface area contributed by atoms with Gasteiger partial charge in [-0.2, -0.15) is 0 Å². The van der Waals surface area contributed by atoms with Gasteiger partial charge in [-0.1, -0.05) is 38.1 Å². The summed E-state index contributed by atoms with van der Waals surface area (Å²) in [7, 11) is 2.13. The minimum atomic E-state index is 0.491. The van der Waals surface area contributed by atoms with Gasteiger partial charge in [-0.15, -0.1) is 0 Å². The molecule has 1 heterocycles. The normalized spacial score (nSPS) is 34.2. The van der Waals surface area contributed by atoms with Crippen LogP contribution in [0.25, 0.3) is 0 Å². The molecule has 0 spiro atoms. The summed E-state index contributed by atoms with van der Waals surface area (Å²) in [6.07, 6.45) is 5.42. The van der Waals surface area contributed by atoms with Crippen LogP contribution in [0.3, 0.4) is 0 Å². The third kappa shape index (κ3) is 3.02. The van der Waals surface area contributed by atoms with Crippen molar-refractivity contribution in [3.05, 3.63) is 35.4 Å². The zero-order valence-corrected chi connectivity index (χ0v) is 13.8. The standard InChI is InChI=1S/C19H30N2/c1-14-7-6-11-21(12-10-14)18-13-15(2)16-8-4-5-9-17(16)19(18)20-3/h4-5,8-9,14-15,18-20H,6-7,10-13H2,1-3H3. The average molecular weight is 286 g/mol. The number of likely N-dealkylation sites (N-methyl/N-ethyl adjacent to an activating group) is 1. The Balaban J connectivity index is 1.85. The van der Waals surface area contributed by atoms with E-state index < -0.39 is 0 Å². The number of benzene rings is 1. The molecule has 1 aliphatic carbocycles. The highest BCUT2D eigenvalue weighted by Crippen LogP contribution is 2.40. The maximum atomic E-state index is 3.62. The van der Waals surface area contributed by atoms with E-state index in [0.29, 0.717) is 18.0 Å². The molecule has 0 saturated carbocycles. The third-order valence-electron chi connectivity index (χ3n) is 5.67. The molecule has 21 heavy (non-hydrogen) atoms. The molecule has 1 aromatic rings. The van der Waals surface area contributed by atoms with Crippen LogP contribution in [-0.2, 0) is 0 Å². The second-order valence-electron chi connectivity index (χ2n) is 7.17. The lowest BCUT2D eigenvalue weighted by Crippen LogP contribution is -2.47. The van der Waals surface area contributed by atoms with Gasteiger partial charge in [0.1, 0.15) is 0 Å². The van der Waals surface area contributed by atoms with Crippen LogP contribution in [0.15, 0.2) is 24.3 Å². The summed E-state index contributed by atoms with van der Waals surface area (Å²) in [5.41, 5.74) is 3.08. The molecule has 2 heteroatoms. The first-order chi connectivity index (χ1) is 10.2. The second kappa shape index (κ2) is 6.50. The highest BCUT2D eigenvalue weighted by molar-refractivity contribution is 5.36. The topological polar surface area (TPSA) is 15.3 Å². The summed E-state index contributed by atoms with van der Waals surface area (Å²) >= 11 is 0. The van der Waals surface area contributed by atoms with E-state index in [1.54, 1.807) is 5.56 Å². The van der Waals surface area contributed by atoms with E-state index >= 15 is 0 Å². The fourth-order valence-corrected chi connectivity index (χ4v) is 4.40. The zero-order valence-electron chi connectivity index (χ0n) is 13.8. The van der Waals surface area contributed by atoms with E-state index in [9.17, 15) is 0 Å². The molecule has 0 radical (unpaired) electrons. The van der Waals surface area contributed by atoms with Crippen LogP contribution >= 0.6 is 0 Å². The van der Waals surface area contributed by atoms with Crippen molar-refractivity contribution in [2.45, 2.75) is 57.5 Å². The maximum absolute atomic E-state index is 3.62. The monoisotopic (exact) mass is 286 g/mol. The van der Waals surface area contributed by atoms with Crippen LogP contribution in [-0.4, -0.2) is 31.1 Å². The summed E-state index contributed by atoms with van der Waals surface area (Å²) in [6, 6.07) is 10.2. The minimum absolute atomic E-state index is 0.491. The Labute approximate surface area is 129 Å². The number of nitrogens with zero attached hydrogens (tertiary/aromatic N) is 1. The molecule has 0 bridgehead atoms. The van der Waals surface area contributed by atoms with Crippen molar-refractivity contribution < 1.29 is 0 Å². The summed E-state index contributed by atoms with van der Waals surface area (Å²) in [6.45, 7) is 7.37. The fraction of sp³-hybridized carbons (Fsp3) is 0.684. The van der Waals surface area contributed by atoms with Crippen molar-refractivity contribution in [2.75, 3.05) is 20.1 Å². The first kappa shape index (κ1) is 15.1. The summed E-state index contributed by atoms with van der Waals surface area (Å²) < 4.78 is 0. The average Bonchev–Trinajstić information content (AvgIpc) is 2.72. The van der Waals surface area contributed by atoms with Crippen molar-refractivity contribution in [1.29, 1.82) is 0 Å². The number of hydrogen-bond acceptors (Lipinski definition) is 2. The van der Waals surface area contributed by atoms with Crippen molar-refractivity contribution >= 4 is 0 Å². The lowest BCUT2D eigenvalue weighted by molar-refractivity contribution is 0.139. The minimum Gasteiger partial charge on any atom is -0.312 e. The van der Waals surface area contributed by atoms with E-state index in [2.05, 4.69) is 55.4 Å². The lowest BCUT2D eigenvalue weighted by atomic mass is 9.77. The van der Waals surface area contributed by atoms with Gasteiger partial charge in [-0.25, -0.2) is 0 Å². The molecular weight excluding hydrogens is 256 g/mol. The Kier molecular flexibility index (Phi) is 4.66. The van der Waals surface area contributed by atoms with Gasteiger partial charge in [-0.05, 0) is 68.8 Å². The van der Waals surface area contributed by atoms with Gasteiger partial charge in [0.25, 0.3) is 0 Å². The predicted octanol–water partition coefficient (Wildman–Crippen LogP) is 3.94. The maximum Gasteiger partial charge on any atom is 0.0478 e. The van der Waals surface area contributed by atoms with Crippen molar-refractivity contribution in [2.24, 2.45) is 5.92 Å². The quantitative estimate of drug-likeness (QED) is 0.885. The van der Waals surface area contributed by atoms with Gasteiger partial charge in [0.2, 0.25) is 0 Å². The zero-order chi connectivity index (χ0) is 14.8. The number of fused-ring (bicyclic) bond motifs is 1. The molecule has 3 rings (SSSR count). The Morgan fingerprint density at radius 3 is 2.57 bits per heavy atom. The highest BCUT2D eigenvalue weighted by Gasteiger charge is 2.35. The van der Waals surface area contributed by atoms with Crippen molar-refractivity contribution in [1.82, 2.24) is 10.2 Å². The van der Waals surface area contributed by atoms with Crippen LogP contribution in [0.2, 0.25) is 0 Å². The van der Waals surface area contributed by atoms with Crippen LogP contribution in [0.4, 0.5) is 0 Å². The lowest BCUT2D eigenvalue weighted by Gasteiger charge is -2.43. The molecule has 0 aromatic heterocycles. The van der Waals surface area contributed by atoms with Crippen LogP contribution in [0.1, 0.15) is 62.6 Å². The number of likely N-dealkylation sites (tertiary alicyclic amines) is 1. The Hall–Kier alpha value is -0.860. The smallest absolute Gasteiger partial charge is 0.0478 e. The van der Waals surface area contributed by atoms with E-state index in [1.807, 2.05) is 0 Å². The van der Waals surface area contributed by atoms with Gasteiger partial charge < -0.3 is 5.32 Å². The van der Waals surface area contributed by atoms with Gasteiger partial charge in [0.15, 0.2) is 0 Å². The molecule has 1 fully saturated rings. The molecule has 0 amide bonds. The number of rotatable bonds is 2. The van der Waals surface area contributed by atoms with E-state index in [4.69, 9.17) is 0 Å². The highest BCUT2D eigenvalue weighted by atomic mass is 15.2. The molecular formula is C19H30N2. The predicted molar refractivity (Wildman–Crippen MR) is 89.7 cm³/mol. The Bertz CT molecular complexity index is 470. The third-order valence-corrected chi connectivity index (χ3v) is 5.67. The van der Waals surface area contributed by atoms with E-state index in [1.165, 1.54) is 44.3 Å². The van der Waals surface area contributed by atoms with Gasteiger partial charge in [-0.3, -0.25) is 4.90 Å². The summed E-state index contributed by atoms with van der Waals surface area (Å²) in [5.74, 6) is 1.58.